The number of hydrogen-bond acceptors (Lipinski definition) is 6. The van der Waals surface area contributed by atoms with Crippen molar-refractivity contribution in [3.63, 3.8) is 0 Å². The van der Waals surface area contributed by atoms with Gasteiger partial charge in [0.15, 0.2) is 11.6 Å². The van der Waals surface area contributed by atoms with E-state index in [0.717, 1.165) is 41.7 Å². The van der Waals surface area contributed by atoms with Gasteiger partial charge >= 0.3 is 0 Å². The Labute approximate surface area is 297 Å². The first-order valence-corrected chi connectivity index (χ1v) is 17.6. The van der Waals surface area contributed by atoms with E-state index in [1.807, 2.05) is 60.7 Å². The fourth-order valence-electron chi connectivity index (χ4n) is 7.04. The van der Waals surface area contributed by atoms with Gasteiger partial charge in [0.25, 0.3) is 11.8 Å². The highest BCUT2D eigenvalue weighted by molar-refractivity contribution is 6.27. The number of unbranched alkanes of at least 4 members (excludes halogenated alkanes) is 4. The minimum absolute atomic E-state index is 0.214. The minimum atomic E-state index is -1.04. The largest absolute Gasteiger partial charge is 0.356 e. The minimum Gasteiger partial charge on any atom is -0.356 e. The third-order valence-corrected chi connectivity index (χ3v) is 9.72. The van der Waals surface area contributed by atoms with E-state index in [-0.39, 0.29) is 36.2 Å². The third-order valence-electron chi connectivity index (χ3n) is 9.72. The Morgan fingerprint density at radius 1 is 0.510 bits per heavy atom. The van der Waals surface area contributed by atoms with Gasteiger partial charge < -0.3 is 10.6 Å². The lowest BCUT2D eigenvalue weighted by molar-refractivity contribution is -0.126. The van der Waals surface area contributed by atoms with E-state index in [2.05, 4.69) is 10.6 Å². The summed E-state index contributed by atoms with van der Waals surface area (Å²) in [5, 5.41) is 5.92. The molecule has 1 heterocycles. The summed E-state index contributed by atoms with van der Waals surface area (Å²) in [5.41, 5.74) is 3.11. The number of amides is 4. The molecule has 2 N–H and O–H groups in total. The molecule has 4 aromatic carbocycles. The maximum Gasteiger partial charge on any atom is 0.262 e. The Morgan fingerprint density at radius 2 is 0.922 bits per heavy atom. The van der Waals surface area contributed by atoms with E-state index in [4.69, 9.17) is 0 Å². The van der Waals surface area contributed by atoms with Crippen LogP contribution in [-0.4, -0.2) is 59.2 Å². The van der Waals surface area contributed by atoms with Gasteiger partial charge in [-0.3, -0.25) is 33.7 Å². The number of Topliss-reactive ketones (excluding diaryl/α,β-unsaturated/α-hetero) is 2. The van der Waals surface area contributed by atoms with Crippen LogP contribution >= 0.6 is 0 Å². The Bertz CT molecular complexity index is 1720. The highest BCUT2D eigenvalue weighted by atomic mass is 16.2. The molecule has 0 saturated heterocycles. The van der Waals surface area contributed by atoms with E-state index in [0.29, 0.717) is 41.8 Å². The van der Waals surface area contributed by atoms with Crippen molar-refractivity contribution in [3.05, 3.63) is 143 Å². The van der Waals surface area contributed by atoms with Gasteiger partial charge in [0.1, 0.15) is 6.04 Å². The van der Waals surface area contributed by atoms with Crippen LogP contribution in [0.15, 0.2) is 109 Å². The average molecular weight is 684 g/mol. The lowest BCUT2D eigenvalue weighted by Crippen LogP contribution is -2.50. The number of nitrogens with one attached hydrogen (secondary N) is 2. The van der Waals surface area contributed by atoms with Crippen molar-refractivity contribution in [2.45, 2.75) is 51.0 Å². The number of carbonyl (C=O) groups is 6. The zero-order valence-electron chi connectivity index (χ0n) is 28.4. The van der Waals surface area contributed by atoms with Crippen molar-refractivity contribution in [1.82, 2.24) is 15.5 Å². The van der Waals surface area contributed by atoms with Gasteiger partial charge in [-0.25, -0.2) is 0 Å². The molecule has 2 atom stereocenters. The lowest BCUT2D eigenvalue weighted by atomic mass is 9.82. The fraction of sp³-hybridized carbons (Fsp3) is 0.286. The van der Waals surface area contributed by atoms with Gasteiger partial charge in [-0.2, -0.15) is 0 Å². The number of nitrogens with zero attached hydrogens (tertiary/aromatic N) is 1. The molecule has 0 aromatic heterocycles. The number of benzene rings is 4. The summed E-state index contributed by atoms with van der Waals surface area (Å²) in [4.78, 5) is 81.0. The molecule has 0 saturated carbocycles. The van der Waals surface area contributed by atoms with Gasteiger partial charge in [0, 0.05) is 30.6 Å². The summed E-state index contributed by atoms with van der Waals surface area (Å²) in [5.74, 6) is -4.04. The zero-order valence-corrected chi connectivity index (χ0v) is 28.4. The molecule has 1 aliphatic carbocycles. The van der Waals surface area contributed by atoms with E-state index < -0.39 is 29.7 Å². The molecule has 0 radical (unpaired) electrons. The van der Waals surface area contributed by atoms with Crippen LogP contribution in [0.2, 0.25) is 0 Å². The van der Waals surface area contributed by atoms with Crippen LogP contribution in [0, 0.1) is 11.8 Å². The Hall–Kier alpha value is -5.70. The smallest absolute Gasteiger partial charge is 0.262 e. The second kappa shape index (κ2) is 16.3. The summed E-state index contributed by atoms with van der Waals surface area (Å²) in [6.45, 7) is 0.821. The lowest BCUT2D eigenvalue weighted by Gasteiger charge is -2.25. The molecule has 0 unspecified atom stereocenters. The molecule has 6 rings (SSSR count). The molecule has 4 aromatic rings. The number of fused-ring (bicyclic) bond motifs is 2. The highest BCUT2D eigenvalue weighted by Gasteiger charge is 2.46. The first-order chi connectivity index (χ1) is 24.8. The topological polar surface area (TPSA) is 130 Å². The average Bonchev–Trinajstić information content (AvgIpc) is 3.56. The van der Waals surface area contributed by atoms with Crippen LogP contribution in [0.25, 0.3) is 0 Å². The molecule has 9 heteroatoms. The Kier molecular flexibility index (Phi) is 11.3. The molecule has 0 fully saturated rings. The first kappa shape index (κ1) is 35.1. The summed E-state index contributed by atoms with van der Waals surface area (Å²) in [6, 6.07) is 31.2. The maximum atomic E-state index is 13.5. The quantitative estimate of drug-likeness (QED) is 0.0895. The standard InChI is InChI=1S/C42H41N3O6/c46-37-30-20-10-11-21-31(30)38(47)36(37)34(26-28-16-6-4-7-17-28)39(48)43-24-14-2-1-3-15-25-44-40(49)35(27-29-18-8-5-9-19-29)45-41(50)32-22-12-13-23-33(32)42(45)51/h4-13,16-23,34-36H,1-3,14-15,24-27H2,(H,43,48)(H,44,49)/t34-,35-/m1/s1. The van der Waals surface area contributed by atoms with Crippen molar-refractivity contribution in [2.75, 3.05) is 13.1 Å². The van der Waals surface area contributed by atoms with Gasteiger partial charge in [0.2, 0.25) is 11.8 Å². The maximum absolute atomic E-state index is 13.5. The van der Waals surface area contributed by atoms with Crippen molar-refractivity contribution in [2.24, 2.45) is 11.8 Å². The molecule has 9 nitrogen and oxygen atoms in total. The van der Waals surface area contributed by atoms with Crippen LogP contribution in [0.3, 0.4) is 0 Å². The van der Waals surface area contributed by atoms with Gasteiger partial charge in [-0.05, 0) is 42.5 Å². The van der Waals surface area contributed by atoms with Crippen molar-refractivity contribution >= 4 is 35.2 Å². The van der Waals surface area contributed by atoms with Crippen LogP contribution in [0.4, 0.5) is 0 Å². The van der Waals surface area contributed by atoms with Crippen LogP contribution in [0.1, 0.15) is 84.7 Å². The van der Waals surface area contributed by atoms with Crippen molar-refractivity contribution < 1.29 is 28.8 Å². The van der Waals surface area contributed by atoms with E-state index >= 15 is 0 Å². The molecule has 4 amide bonds. The molecule has 0 spiro atoms. The molecule has 0 bridgehead atoms. The van der Waals surface area contributed by atoms with Crippen LogP contribution in [-0.2, 0) is 22.4 Å². The normalized spacial score (nSPS) is 15.0. The van der Waals surface area contributed by atoms with Crippen molar-refractivity contribution in [3.8, 4) is 0 Å². The summed E-state index contributed by atoms with van der Waals surface area (Å²) < 4.78 is 0. The van der Waals surface area contributed by atoms with E-state index in [1.165, 1.54) is 0 Å². The second-order valence-corrected chi connectivity index (χ2v) is 13.1. The van der Waals surface area contributed by atoms with E-state index in [1.54, 1.807) is 48.5 Å². The number of hydrogen-bond donors (Lipinski definition) is 2. The predicted molar refractivity (Wildman–Crippen MR) is 192 cm³/mol. The number of rotatable bonds is 16. The monoisotopic (exact) mass is 683 g/mol. The first-order valence-electron chi connectivity index (χ1n) is 17.6. The van der Waals surface area contributed by atoms with Crippen LogP contribution in [0.5, 0.6) is 0 Å². The second-order valence-electron chi connectivity index (χ2n) is 13.1. The van der Waals surface area contributed by atoms with Crippen molar-refractivity contribution in [1.29, 1.82) is 0 Å². The molecule has 260 valence electrons. The van der Waals surface area contributed by atoms with Gasteiger partial charge in [-0.15, -0.1) is 0 Å². The Balaban J connectivity index is 0.960. The zero-order chi connectivity index (χ0) is 35.7. The SMILES string of the molecule is O=C1c2ccccc2C(=O)C1[C@@H](Cc1ccccc1)C(=O)NCCCCCCCNC(=O)[C@@H](Cc1ccccc1)N1C(=O)c2ccccc2C1=O. The third kappa shape index (κ3) is 7.88. The van der Waals surface area contributed by atoms with E-state index in [9.17, 15) is 28.8 Å². The Morgan fingerprint density at radius 3 is 1.43 bits per heavy atom. The summed E-state index contributed by atoms with van der Waals surface area (Å²) in [7, 11) is 0. The molecule has 2 aliphatic rings. The molecular formula is C42H41N3O6. The van der Waals surface area contributed by atoms with Gasteiger partial charge in [0.05, 0.1) is 23.0 Å². The number of imide groups is 1. The molecular weight excluding hydrogens is 642 g/mol. The summed E-state index contributed by atoms with van der Waals surface area (Å²) >= 11 is 0. The predicted octanol–water partition coefficient (Wildman–Crippen LogP) is 5.63. The highest BCUT2D eigenvalue weighted by Crippen LogP contribution is 2.34. The fourth-order valence-corrected chi connectivity index (χ4v) is 7.04. The molecule has 51 heavy (non-hydrogen) atoms. The molecule has 1 aliphatic heterocycles. The summed E-state index contributed by atoms with van der Waals surface area (Å²) in [6.07, 6.45) is 4.49. The van der Waals surface area contributed by atoms with Crippen LogP contribution < -0.4 is 10.6 Å². The van der Waals surface area contributed by atoms with Gasteiger partial charge in [-0.1, -0.05) is 116 Å². The number of carbonyl (C=O) groups excluding carboxylic acids is 6. The number of ketones is 2.